The van der Waals surface area contributed by atoms with Gasteiger partial charge in [0.15, 0.2) is 0 Å². The van der Waals surface area contributed by atoms with E-state index in [1.807, 2.05) is 67.6 Å². The van der Waals surface area contributed by atoms with Crippen LogP contribution in [0.2, 0.25) is 0 Å². The van der Waals surface area contributed by atoms with Gasteiger partial charge in [-0.15, -0.1) is 0 Å². The maximum Gasteiger partial charge on any atom is 0.331 e. The standard InChI is InChI=1S/C14H16N2O3S.C12H12N2O/c1-3-19-9-16-13(10(2)12(17)15-14(16)18)20-11-7-5-4-6-8-11;1-9-13-11(8-12(15)14-9)7-10-5-3-2-4-6-10/h4-8H,3,9H2,1-2H3,(H,15,17,18);2-6,8H,7H2,1H3,(H,13,14,15). The highest BCUT2D eigenvalue weighted by Gasteiger charge is 2.13. The second-order valence-electron chi connectivity index (χ2n) is 7.64. The van der Waals surface area contributed by atoms with Crippen LogP contribution in [-0.4, -0.2) is 26.1 Å². The summed E-state index contributed by atoms with van der Waals surface area (Å²) in [5.74, 6) is 0.661. The molecule has 8 nitrogen and oxygen atoms in total. The molecule has 0 amide bonds. The summed E-state index contributed by atoms with van der Waals surface area (Å²) in [7, 11) is 0. The Bertz CT molecular complexity index is 1410. The van der Waals surface area contributed by atoms with Crippen molar-refractivity contribution in [2.75, 3.05) is 6.61 Å². The van der Waals surface area contributed by atoms with E-state index in [-0.39, 0.29) is 17.8 Å². The molecule has 0 radical (unpaired) electrons. The molecule has 0 aliphatic heterocycles. The third-order valence-corrected chi connectivity index (χ3v) is 6.12. The Morgan fingerprint density at radius 2 is 1.60 bits per heavy atom. The van der Waals surface area contributed by atoms with Gasteiger partial charge in [0.05, 0.1) is 10.7 Å². The molecule has 2 aromatic carbocycles. The zero-order valence-corrected chi connectivity index (χ0v) is 20.7. The second kappa shape index (κ2) is 12.7. The number of nitrogens with one attached hydrogen (secondary N) is 2. The minimum absolute atomic E-state index is 0.0894. The molecule has 0 atom stereocenters. The van der Waals surface area contributed by atoms with E-state index in [0.717, 1.165) is 16.2 Å². The van der Waals surface area contributed by atoms with Crippen LogP contribution in [0.1, 0.15) is 29.6 Å². The Morgan fingerprint density at radius 3 is 2.23 bits per heavy atom. The third kappa shape index (κ3) is 7.66. The van der Waals surface area contributed by atoms with Gasteiger partial charge in [0, 0.05) is 29.6 Å². The molecule has 0 bridgehead atoms. The van der Waals surface area contributed by atoms with Crippen molar-refractivity contribution in [3.63, 3.8) is 0 Å². The quantitative estimate of drug-likeness (QED) is 0.381. The van der Waals surface area contributed by atoms with E-state index in [9.17, 15) is 14.4 Å². The van der Waals surface area contributed by atoms with Gasteiger partial charge in [0.2, 0.25) is 0 Å². The van der Waals surface area contributed by atoms with E-state index in [0.29, 0.717) is 29.4 Å². The van der Waals surface area contributed by atoms with Crippen LogP contribution in [0.15, 0.2) is 91.0 Å². The molecule has 0 aliphatic rings. The van der Waals surface area contributed by atoms with Gasteiger partial charge in [-0.2, -0.15) is 0 Å². The van der Waals surface area contributed by atoms with Crippen molar-refractivity contribution >= 4 is 11.8 Å². The summed E-state index contributed by atoms with van der Waals surface area (Å²) in [6, 6.07) is 21.1. The average molecular weight is 493 g/mol. The molecule has 0 spiro atoms. The normalized spacial score (nSPS) is 10.5. The molecule has 0 saturated heterocycles. The molecular weight excluding hydrogens is 464 g/mol. The zero-order valence-electron chi connectivity index (χ0n) is 19.9. The van der Waals surface area contributed by atoms with Crippen molar-refractivity contribution in [3.05, 3.63) is 121 Å². The van der Waals surface area contributed by atoms with Crippen molar-refractivity contribution < 1.29 is 4.74 Å². The molecule has 4 aromatic rings. The van der Waals surface area contributed by atoms with E-state index in [4.69, 9.17) is 4.74 Å². The van der Waals surface area contributed by atoms with Gasteiger partial charge in [-0.05, 0) is 38.5 Å². The van der Waals surface area contributed by atoms with Crippen LogP contribution in [0, 0.1) is 13.8 Å². The summed E-state index contributed by atoms with van der Waals surface area (Å²) in [6.45, 7) is 5.97. The number of aromatic amines is 2. The van der Waals surface area contributed by atoms with Gasteiger partial charge in [0.25, 0.3) is 11.1 Å². The summed E-state index contributed by atoms with van der Waals surface area (Å²) < 4.78 is 6.74. The van der Waals surface area contributed by atoms with E-state index < -0.39 is 5.69 Å². The van der Waals surface area contributed by atoms with E-state index in [1.54, 1.807) is 19.9 Å². The molecule has 35 heavy (non-hydrogen) atoms. The fraction of sp³-hybridized carbons (Fsp3) is 0.231. The number of nitrogens with zero attached hydrogens (tertiary/aromatic N) is 2. The second-order valence-corrected chi connectivity index (χ2v) is 8.70. The molecule has 0 unspecified atom stereocenters. The van der Waals surface area contributed by atoms with Gasteiger partial charge in [-0.25, -0.2) is 9.78 Å². The smallest absolute Gasteiger partial charge is 0.331 e. The summed E-state index contributed by atoms with van der Waals surface area (Å²) in [4.78, 5) is 45.1. The lowest BCUT2D eigenvalue weighted by molar-refractivity contribution is 0.0780. The lowest BCUT2D eigenvalue weighted by Gasteiger charge is -2.13. The van der Waals surface area contributed by atoms with Crippen LogP contribution in [0.3, 0.4) is 0 Å². The Labute approximate surface area is 207 Å². The number of aromatic nitrogens is 4. The zero-order chi connectivity index (χ0) is 25.2. The van der Waals surface area contributed by atoms with Crippen molar-refractivity contribution in [3.8, 4) is 0 Å². The van der Waals surface area contributed by atoms with E-state index in [1.165, 1.54) is 16.3 Å². The first-order valence-corrected chi connectivity index (χ1v) is 11.9. The maximum absolute atomic E-state index is 11.9. The minimum Gasteiger partial charge on any atom is -0.361 e. The minimum atomic E-state index is -0.451. The predicted octanol–water partition coefficient (Wildman–Crippen LogP) is 3.66. The summed E-state index contributed by atoms with van der Waals surface area (Å²) in [6.07, 6.45) is 0.700. The lowest BCUT2D eigenvalue weighted by Crippen LogP contribution is -2.33. The SMILES string of the molecule is CCOCn1c(Sc2ccccc2)c(C)c(=O)[nH]c1=O.Cc1nc(Cc2ccccc2)cc(=O)[nH]1. The average Bonchev–Trinajstić information content (AvgIpc) is 2.83. The first kappa shape index (κ1) is 25.9. The number of hydrogen-bond donors (Lipinski definition) is 2. The van der Waals surface area contributed by atoms with Crippen molar-refractivity contribution in [1.82, 2.24) is 19.5 Å². The number of hydrogen-bond acceptors (Lipinski definition) is 6. The third-order valence-electron chi connectivity index (χ3n) is 4.90. The Morgan fingerprint density at radius 1 is 0.943 bits per heavy atom. The van der Waals surface area contributed by atoms with Crippen LogP contribution in [-0.2, 0) is 17.9 Å². The Hall–Kier alpha value is -3.69. The largest absolute Gasteiger partial charge is 0.361 e. The molecule has 182 valence electrons. The molecule has 2 heterocycles. The highest BCUT2D eigenvalue weighted by atomic mass is 32.2. The van der Waals surface area contributed by atoms with Crippen LogP contribution in [0.25, 0.3) is 0 Å². The van der Waals surface area contributed by atoms with Gasteiger partial charge >= 0.3 is 5.69 Å². The predicted molar refractivity (Wildman–Crippen MR) is 137 cm³/mol. The van der Waals surface area contributed by atoms with Crippen molar-refractivity contribution in [2.45, 2.75) is 43.8 Å². The van der Waals surface area contributed by atoms with Gasteiger partial charge in [-0.1, -0.05) is 60.3 Å². The van der Waals surface area contributed by atoms with Crippen LogP contribution in [0.5, 0.6) is 0 Å². The Kier molecular flexibility index (Phi) is 9.39. The number of rotatable bonds is 7. The topological polar surface area (TPSA) is 110 Å². The van der Waals surface area contributed by atoms with Crippen LogP contribution in [0.4, 0.5) is 0 Å². The van der Waals surface area contributed by atoms with Gasteiger partial charge in [-0.3, -0.25) is 19.1 Å². The molecule has 4 rings (SSSR count). The first-order valence-electron chi connectivity index (χ1n) is 11.1. The van der Waals surface area contributed by atoms with Crippen molar-refractivity contribution in [2.24, 2.45) is 0 Å². The molecule has 2 aromatic heterocycles. The monoisotopic (exact) mass is 492 g/mol. The maximum atomic E-state index is 11.9. The Balaban J connectivity index is 0.000000203. The number of H-pyrrole nitrogens is 2. The van der Waals surface area contributed by atoms with Crippen LogP contribution >= 0.6 is 11.8 Å². The fourth-order valence-corrected chi connectivity index (χ4v) is 4.23. The summed E-state index contributed by atoms with van der Waals surface area (Å²) in [5.41, 5.74) is 1.58. The van der Waals surface area contributed by atoms with Gasteiger partial charge < -0.3 is 9.72 Å². The van der Waals surface area contributed by atoms with E-state index in [2.05, 4.69) is 15.0 Å². The van der Waals surface area contributed by atoms with Gasteiger partial charge in [0.1, 0.15) is 12.6 Å². The summed E-state index contributed by atoms with van der Waals surface area (Å²) >= 11 is 1.38. The first-order chi connectivity index (χ1) is 16.9. The lowest BCUT2D eigenvalue weighted by atomic mass is 10.1. The number of aryl methyl sites for hydroxylation is 1. The number of ether oxygens (including phenoxy) is 1. The summed E-state index contributed by atoms with van der Waals surface area (Å²) in [5, 5.41) is 0.610. The molecule has 0 saturated carbocycles. The highest BCUT2D eigenvalue weighted by Crippen LogP contribution is 2.27. The molecule has 0 aliphatic carbocycles. The highest BCUT2D eigenvalue weighted by molar-refractivity contribution is 7.99. The molecule has 2 N–H and O–H groups in total. The molecular formula is C26H28N4O4S. The molecule has 0 fully saturated rings. The van der Waals surface area contributed by atoms with Crippen molar-refractivity contribution in [1.29, 1.82) is 0 Å². The number of benzene rings is 2. The fourth-order valence-electron chi connectivity index (χ4n) is 3.22. The van der Waals surface area contributed by atoms with Crippen LogP contribution < -0.4 is 16.8 Å². The molecule has 9 heteroatoms. The van der Waals surface area contributed by atoms with E-state index >= 15 is 0 Å².